The van der Waals surface area contributed by atoms with Gasteiger partial charge in [0.15, 0.2) is 0 Å². The third kappa shape index (κ3) is 1.47. The molecule has 1 spiro atoms. The predicted octanol–water partition coefficient (Wildman–Crippen LogP) is 1.88. The number of rotatable bonds is 1. The Balaban J connectivity index is 2.33. The van der Waals surface area contributed by atoms with E-state index in [0.717, 1.165) is 24.3 Å². The zero-order valence-electron chi connectivity index (χ0n) is 9.99. The minimum absolute atomic E-state index is 0.136. The Morgan fingerprint density at radius 3 is 2.81 bits per heavy atom. The highest BCUT2D eigenvalue weighted by atomic mass is 16.5. The minimum atomic E-state index is -0.136. The highest BCUT2D eigenvalue weighted by Crippen LogP contribution is 2.43. The summed E-state index contributed by atoms with van der Waals surface area (Å²) in [4.78, 5) is 13.7. The number of amides is 1. The summed E-state index contributed by atoms with van der Waals surface area (Å²) < 4.78 is 5.17. The van der Waals surface area contributed by atoms with E-state index >= 15 is 0 Å². The molecule has 0 N–H and O–H groups in total. The van der Waals surface area contributed by atoms with Gasteiger partial charge in [-0.1, -0.05) is 12.2 Å². The maximum Gasteiger partial charge on any atom is 0.250 e. The summed E-state index contributed by atoms with van der Waals surface area (Å²) in [6.07, 6.45) is 8.88. The van der Waals surface area contributed by atoms with Gasteiger partial charge in [0.05, 0.1) is 7.11 Å². The molecule has 2 rings (SSSR count). The number of likely N-dealkylation sites (N-methyl/N-ethyl adjacent to an activating group) is 1. The number of allylic oxidation sites excluding steroid dienone is 3. The van der Waals surface area contributed by atoms with Gasteiger partial charge in [0.1, 0.15) is 5.76 Å². The van der Waals surface area contributed by atoms with Crippen LogP contribution in [0.25, 0.3) is 0 Å². The molecule has 1 heterocycles. The lowest BCUT2D eigenvalue weighted by molar-refractivity contribution is -0.123. The monoisotopic (exact) mass is 219 g/mol. The lowest BCUT2D eigenvalue weighted by atomic mass is 9.77. The van der Waals surface area contributed by atoms with Gasteiger partial charge in [-0.25, -0.2) is 0 Å². The number of hydrogen-bond donors (Lipinski definition) is 0. The molecular weight excluding hydrogens is 202 g/mol. The van der Waals surface area contributed by atoms with E-state index < -0.39 is 0 Å². The van der Waals surface area contributed by atoms with Gasteiger partial charge in [-0.2, -0.15) is 0 Å². The van der Waals surface area contributed by atoms with E-state index in [4.69, 9.17) is 4.74 Å². The van der Waals surface area contributed by atoms with Crippen LogP contribution in [0.3, 0.4) is 0 Å². The molecule has 0 radical (unpaired) electrons. The van der Waals surface area contributed by atoms with Gasteiger partial charge >= 0.3 is 0 Å². The average molecular weight is 219 g/mol. The lowest BCUT2D eigenvalue weighted by Gasteiger charge is -2.27. The van der Waals surface area contributed by atoms with Crippen LogP contribution in [0.1, 0.15) is 13.3 Å². The summed E-state index contributed by atoms with van der Waals surface area (Å²) in [7, 11) is 3.51. The van der Waals surface area contributed by atoms with Crippen molar-refractivity contribution in [1.82, 2.24) is 4.90 Å². The predicted molar refractivity (Wildman–Crippen MR) is 62.7 cm³/mol. The minimum Gasteiger partial charge on any atom is -0.497 e. The highest BCUT2D eigenvalue weighted by molar-refractivity contribution is 5.98. The third-order valence-corrected chi connectivity index (χ3v) is 3.39. The van der Waals surface area contributed by atoms with Crippen molar-refractivity contribution in [2.24, 2.45) is 5.41 Å². The lowest BCUT2D eigenvalue weighted by Crippen LogP contribution is -2.25. The second kappa shape index (κ2) is 3.81. The van der Waals surface area contributed by atoms with Gasteiger partial charge in [0.25, 0.3) is 0 Å². The van der Waals surface area contributed by atoms with Crippen molar-refractivity contribution in [2.75, 3.05) is 20.7 Å². The molecule has 3 nitrogen and oxygen atoms in total. The molecule has 0 saturated carbocycles. The molecule has 1 aliphatic carbocycles. The van der Waals surface area contributed by atoms with E-state index in [-0.39, 0.29) is 11.3 Å². The van der Waals surface area contributed by atoms with Crippen molar-refractivity contribution in [2.45, 2.75) is 13.3 Å². The van der Waals surface area contributed by atoms with Crippen LogP contribution >= 0.6 is 0 Å². The van der Waals surface area contributed by atoms with E-state index in [1.807, 2.05) is 26.1 Å². The number of ether oxygens (including phenoxy) is 1. The molecule has 0 aromatic heterocycles. The zero-order valence-corrected chi connectivity index (χ0v) is 9.99. The Kier molecular flexibility index (Phi) is 2.62. The molecular formula is C13H17NO2. The van der Waals surface area contributed by atoms with Crippen LogP contribution in [0.15, 0.2) is 35.6 Å². The molecule has 16 heavy (non-hydrogen) atoms. The summed E-state index contributed by atoms with van der Waals surface area (Å²) in [5, 5.41) is 0. The van der Waals surface area contributed by atoms with Crippen LogP contribution in [0, 0.1) is 5.41 Å². The third-order valence-electron chi connectivity index (χ3n) is 3.39. The fourth-order valence-electron chi connectivity index (χ4n) is 2.54. The summed E-state index contributed by atoms with van der Waals surface area (Å²) >= 11 is 0. The zero-order chi connectivity index (χ0) is 11.8. The molecule has 1 fully saturated rings. The number of carbonyl (C=O) groups is 1. The second-order valence-electron chi connectivity index (χ2n) is 4.37. The number of likely N-dealkylation sites (tertiary alicyclic amines) is 1. The first-order valence-electron chi connectivity index (χ1n) is 5.48. The topological polar surface area (TPSA) is 29.5 Å². The first-order valence-corrected chi connectivity index (χ1v) is 5.48. The molecule has 1 atom stereocenters. The van der Waals surface area contributed by atoms with Gasteiger partial charge < -0.3 is 9.64 Å². The fourth-order valence-corrected chi connectivity index (χ4v) is 2.54. The van der Waals surface area contributed by atoms with Gasteiger partial charge in [0, 0.05) is 24.6 Å². The number of nitrogens with zero attached hydrogens (tertiary/aromatic N) is 1. The van der Waals surface area contributed by atoms with Crippen molar-refractivity contribution in [3.63, 3.8) is 0 Å². The Morgan fingerprint density at radius 1 is 1.56 bits per heavy atom. The first kappa shape index (κ1) is 11.0. The molecule has 86 valence electrons. The first-order chi connectivity index (χ1) is 7.63. The Hall–Kier alpha value is -1.51. The van der Waals surface area contributed by atoms with Gasteiger partial charge in [-0.15, -0.1) is 0 Å². The van der Waals surface area contributed by atoms with E-state index in [1.165, 1.54) is 0 Å². The van der Waals surface area contributed by atoms with Crippen LogP contribution in [-0.2, 0) is 9.53 Å². The molecule has 0 aromatic carbocycles. The van der Waals surface area contributed by atoms with Gasteiger partial charge in [0.2, 0.25) is 5.91 Å². The fraction of sp³-hybridized carbons (Fsp3) is 0.462. The van der Waals surface area contributed by atoms with E-state index in [9.17, 15) is 4.79 Å². The van der Waals surface area contributed by atoms with Crippen molar-refractivity contribution in [3.05, 3.63) is 35.6 Å². The van der Waals surface area contributed by atoms with Gasteiger partial charge in [-0.05, 0) is 25.5 Å². The Morgan fingerprint density at radius 2 is 2.31 bits per heavy atom. The highest BCUT2D eigenvalue weighted by Gasteiger charge is 2.44. The molecule has 3 heteroatoms. The SMILES string of the molecule is C/C=C1/C(=O)N(C)CC12C=CC(OC)=CC2. The molecule has 0 aromatic rings. The summed E-state index contributed by atoms with van der Waals surface area (Å²) in [6.45, 7) is 2.69. The van der Waals surface area contributed by atoms with Crippen molar-refractivity contribution in [3.8, 4) is 0 Å². The average Bonchev–Trinajstić information content (AvgIpc) is 2.52. The smallest absolute Gasteiger partial charge is 0.250 e. The van der Waals surface area contributed by atoms with Gasteiger partial charge in [-0.3, -0.25) is 4.79 Å². The van der Waals surface area contributed by atoms with E-state index in [0.29, 0.717) is 0 Å². The molecule has 1 aliphatic heterocycles. The van der Waals surface area contributed by atoms with Crippen molar-refractivity contribution >= 4 is 5.91 Å². The molecule has 2 aliphatic rings. The summed E-state index contributed by atoms with van der Waals surface area (Å²) in [6, 6.07) is 0. The molecule has 1 saturated heterocycles. The molecule has 0 bridgehead atoms. The summed E-state index contributed by atoms with van der Waals surface area (Å²) in [5.41, 5.74) is 0.764. The number of hydrogen-bond acceptors (Lipinski definition) is 2. The maximum absolute atomic E-state index is 11.9. The van der Waals surface area contributed by atoms with E-state index in [2.05, 4.69) is 12.2 Å². The standard InChI is InChI=1S/C13H17NO2/c1-4-11-12(15)14(2)9-13(11)7-5-10(16-3)6-8-13/h4-7H,8-9H2,1-3H3/b11-4-. The van der Waals surface area contributed by atoms with Crippen LogP contribution in [0.2, 0.25) is 0 Å². The molecule has 1 amide bonds. The van der Waals surface area contributed by atoms with Crippen LogP contribution in [-0.4, -0.2) is 31.5 Å². The van der Waals surface area contributed by atoms with Crippen LogP contribution in [0.4, 0.5) is 0 Å². The van der Waals surface area contributed by atoms with E-state index in [1.54, 1.807) is 12.0 Å². The quantitative estimate of drug-likeness (QED) is 0.630. The largest absolute Gasteiger partial charge is 0.497 e. The normalized spacial score (nSPS) is 31.4. The maximum atomic E-state index is 11.9. The van der Waals surface area contributed by atoms with Crippen LogP contribution < -0.4 is 0 Å². The Bertz CT molecular complexity index is 406. The van der Waals surface area contributed by atoms with Crippen LogP contribution in [0.5, 0.6) is 0 Å². The molecule has 1 unspecified atom stereocenters. The second-order valence-corrected chi connectivity index (χ2v) is 4.37. The van der Waals surface area contributed by atoms with Crippen molar-refractivity contribution in [1.29, 1.82) is 0 Å². The van der Waals surface area contributed by atoms with Crippen molar-refractivity contribution < 1.29 is 9.53 Å². The Labute approximate surface area is 96.1 Å². The summed E-state index contributed by atoms with van der Waals surface area (Å²) in [5.74, 6) is 1.02. The number of carbonyl (C=O) groups excluding carboxylic acids is 1. The number of methoxy groups -OCH3 is 1.